The van der Waals surface area contributed by atoms with Crippen molar-refractivity contribution in [1.82, 2.24) is 4.98 Å². The summed E-state index contributed by atoms with van der Waals surface area (Å²) in [6.07, 6.45) is 0. The van der Waals surface area contributed by atoms with Gasteiger partial charge in [-0.05, 0) is 18.2 Å². The quantitative estimate of drug-likeness (QED) is 0.456. The van der Waals surface area contributed by atoms with Crippen LogP contribution in [0, 0.1) is 0 Å². The van der Waals surface area contributed by atoms with Crippen LogP contribution in [-0.2, 0) is 22.4 Å². The number of para-hydroxylation sites is 2. The van der Waals surface area contributed by atoms with Gasteiger partial charge in [0, 0.05) is 33.2 Å². The van der Waals surface area contributed by atoms with E-state index in [1.807, 2.05) is 36.4 Å². The smallest absolute Gasteiger partial charge is 0.0709 e. The molecular formula is C13H9AgN. The molecule has 0 saturated carbocycles. The van der Waals surface area contributed by atoms with Crippen LogP contribution in [0.5, 0.6) is 0 Å². The Bertz CT molecular complexity index is 499. The maximum absolute atomic E-state index is 4.58. The van der Waals surface area contributed by atoms with Crippen LogP contribution in [0.2, 0.25) is 0 Å². The number of fused-ring (bicyclic) bond motifs is 2. The molecule has 1 nitrogen and oxygen atoms in total. The van der Waals surface area contributed by atoms with Crippen molar-refractivity contribution >= 4 is 21.8 Å². The van der Waals surface area contributed by atoms with Crippen LogP contribution >= 0.6 is 0 Å². The number of hydrogen-bond acceptors (Lipinski definition) is 1. The topological polar surface area (TPSA) is 12.9 Å². The van der Waals surface area contributed by atoms with E-state index >= 15 is 0 Å². The van der Waals surface area contributed by atoms with Gasteiger partial charge in [-0.3, -0.25) is 0 Å². The number of hydrogen-bond donors (Lipinski definition) is 0. The van der Waals surface area contributed by atoms with Gasteiger partial charge in [-0.1, -0.05) is 36.4 Å². The Morgan fingerprint density at radius 3 is 1.67 bits per heavy atom. The van der Waals surface area contributed by atoms with Crippen LogP contribution in [0.3, 0.4) is 0 Å². The summed E-state index contributed by atoms with van der Waals surface area (Å²) in [7, 11) is 0. The van der Waals surface area contributed by atoms with E-state index in [1.165, 1.54) is 10.8 Å². The number of aromatic nitrogens is 1. The van der Waals surface area contributed by atoms with Crippen molar-refractivity contribution < 1.29 is 22.4 Å². The molecule has 2 aromatic carbocycles. The third-order valence-electron chi connectivity index (χ3n) is 2.43. The van der Waals surface area contributed by atoms with E-state index in [0.717, 1.165) is 11.0 Å². The first kappa shape index (κ1) is 10.4. The van der Waals surface area contributed by atoms with Gasteiger partial charge in [-0.2, -0.15) is 0 Å². The van der Waals surface area contributed by atoms with Crippen LogP contribution in [0.15, 0.2) is 54.6 Å². The van der Waals surface area contributed by atoms with E-state index in [1.54, 1.807) is 0 Å². The first-order valence-electron chi connectivity index (χ1n) is 4.68. The fraction of sp³-hybridized carbons (Fsp3) is 0. The summed E-state index contributed by atoms with van der Waals surface area (Å²) >= 11 is 0. The molecule has 0 spiro atoms. The molecule has 3 rings (SSSR count). The van der Waals surface area contributed by atoms with Crippen molar-refractivity contribution in [3.63, 3.8) is 0 Å². The molecular weight excluding hydrogens is 278 g/mol. The fourth-order valence-electron chi connectivity index (χ4n) is 1.72. The van der Waals surface area contributed by atoms with Crippen LogP contribution in [0.4, 0.5) is 0 Å². The second-order valence-corrected chi connectivity index (χ2v) is 3.37. The van der Waals surface area contributed by atoms with E-state index < -0.39 is 0 Å². The van der Waals surface area contributed by atoms with E-state index in [-0.39, 0.29) is 22.4 Å². The Kier molecular flexibility index (Phi) is 2.87. The second-order valence-electron chi connectivity index (χ2n) is 3.37. The minimum atomic E-state index is 0. The zero-order chi connectivity index (χ0) is 9.38. The molecule has 0 aliphatic carbocycles. The Hall–Kier alpha value is -1.15. The van der Waals surface area contributed by atoms with Gasteiger partial charge in [-0.15, -0.1) is 0 Å². The Morgan fingerprint density at radius 2 is 1.13 bits per heavy atom. The summed E-state index contributed by atoms with van der Waals surface area (Å²) in [6.45, 7) is 0. The molecule has 1 radical (unpaired) electrons. The van der Waals surface area contributed by atoms with E-state index in [2.05, 4.69) is 23.2 Å². The molecule has 0 fully saturated rings. The number of pyridine rings is 1. The van der Waals surface area contributed by atoms with Crippen molar-refractivity contribution in [3.8, 4) is 0 Å². The van der Waals surface area contributed by atoms with Crippen LogP contribution < -0.4 is 0 Å². The molecule has 0 aliphatic heterocycles. The van der Waals surface area contributed by atoms with E-state index in [0.29, 0.717) is 0 Å². The molecule has 0 atom stereocenters. The first-order chi connectivity index (χ1) is 6.93. The third kappa shape index (κ3) is 1.82. The number of nitrogens with zero attached hydrogens (tertiary/aromatic N) is 1. The van der Waals surface area contributed by atoms with Crippen LogP contribution in [0.1, 0.15) is 0 Å². The summed E-state index contributed by atoms with van der Waals surface area (Å²) in [5.74, 6) is 0. The molecule has 0 amide bonds. The summed E-state index contributed by atoms with van der Waals surface area (Å²) in [6, 6.07) is 18.6. The molecule has 0 saturated heterocycles. The average Bonchev–Trinajstić information content (AvgIpc) is 2.26. The van der Waals surface area contributed by atoms with Crippen molar-refractivity contribution in [2.75, 3.05) is 0 Å². The van der Waals surface area contributed by atoms with Crippen LogP contribution in [0.25, 0.3) is 21.8 Å². The maximum atomic E-state index is 4.58. The molecule has 0 bridgehead atoms. The van der Waals surface area contributed by atoms with Crippen molar-refractivity contribution in [1.29, 1.82) is 0 Å². The van der Waals surface area contributed by atoms with Gasteiger partial charge in [0.05, 0.1) is 11.0 Å². The van der Waals surface area contributed by atoms with E-state index in [4.69, 9.17) is 0 Å². The Labute approximate surface area is 104 Å². The molecule has 15 heavy (non-hydrogen) atoms. The van der Waals surface area contributed by atoms with Gasteiger partial charge in [0.25, 0.3) is 0 Å². The summed E-state index contributed by atoms with van der Waals surface area (Å²) < 4.78 is 0. The molecule has 0 aliphatic rings. The molecule has 1 aromatic heterocycles. The predicted octanol–water partition coefficient (Wildman–Crippen LogP) is 3.39. The van der Waals surface area contributed by atoms with Gasteiger partial charge in [-0.25, -0.2) is 4.98 Å². The normalized spacial score (nSPS) is 10.1. The Morgan fingerprint density at radius 1 is 0.667 bits per heavy atom. The predicted molar refractivity (Wildman–Crippen MR) is 59.2 cm³/mol. The molecule has 2 heteroatoms. The number of rotatable bonds is 0. The van der Waals surface area contributed by atoms with Gasteiger partial charge in [0.2, 0.25) is 0 Å². The number of benzene rings is 2. The standard InChI is InChI=1S/C13H9N.Ag/c1-3-7-12-10(5-1)9-11-6-2-4-8-13(11)14-12;/h1-9H;. The van der Waals surface area contributed by atoms with Gasteiger partial charge >= 0.3 is 0 Å². The fourth-order valence-corrected chi connectivity index (χ4v) is 1.72. The monoisotopic (exact) mass is 286 g/mol. The molecule has 0 unspecified atom stereocenters. The first-order valence-corrected chi connectivity index (χ1v) is 4.68. The summed E-state index contributed by atoms with van der Waals surface area (Å²) in [5, 5.41) is 2.40. The Balaban J connectivity index is 0.000000853. The van der Waals surface area contributed by atoms with E-state index in [9.17, 15) is 0 Å². The molecule has 0 N–H and O–H groups in total. The minimum absolute atomic E-state index is 0. The zero-order valence-electron chi connectivity index (χ0n) is 7.94. The van der Waals surface area contributed by atoms with Crippen molar-refractivity contribution in [2.24, 2.45) is 0 Å². The second kappa shape index (κ2) is 4.15. The molecule has 77 valence electrons. The SMILES string of the molecule is [Ag].c1ccc2nc3ccccc3cc2c1. The average molecular weight is 287 g/mol. The van der Waals surface area contributed by atoms with Gasteiger partial charge in [0.1, 0.15) is 0 Å². The maximum Gasteiger partial charge on any atom is 0.0709 e. The summed E-state index contributed by atoms with van der Waals surface area (Å²) in [5.41, 5.74) is 2.12. The third-order valence-corrected chi connectivity index (χ3v) is 2.43. The zero-order valence-corrected chi connectivity index (χ0v) is 9.43. The largest absolute Gasteiger partial charge is 0.248 e. The molecule has 3 aromatic rings. The van der Waals surface area contributed by atoms with Crippen LogP contribution in [-0.4, -0.2) is 4.98 Å². The van der Waals surface area contributed by atoms with Gasteiger partial charge in [0.15, 0.2) is 0 Å². The minimum Gasteiger partial charge on any atom is -0.248 e. The van der Waals surface area contributed by atoms with Crippen molar-refractivity contribution in [2.45, 2.75) is 0 Å². The van der Waals surface area contributed by atoms with Crippen molar-refractivity contribution in [3.05, 3.63) is 54.6 Å². The molecule has 1 heterocycles. The van der Waals surface area contributed by atoms with Gasteiger partial charge < -0.3 is 0 Å². The summed E-state index contributed by atoms with van der Waals surface area (Å²) in [4.78, 5) is 4.58.